The van der Waals surface area contributed by atoms with Gasteiger partial charge >= 0.3 is 0 Å². The first-order valence-corrected chi connectivity index (χ1v) is 9.59. The zero-order valence-corrected chi connectivity index (χ0v) is 16.2. The lowest BCUT2D eigenvalue weighted by Crippen LogP contribution is -2.45. The number of hydrogen-bond acceptors (Lipinski definition) is 3. The van der Waals surface area contributed by atoms with E-state index in [9.17, 15) is 9.90 Å². The topological polar surface area (TPSA) is 63.0 Å². The summed E-state index contributed by atoms with van der Waals surface area (Å²) < 4.78 is 7.10. The summed E-state index contributed by atoms with van der Waals surface area (Å²) in [5, 5.41) is 14.2. The first-order valence-electron chi connectivity index (χ1n) is 9.21. The van der Waals surface area contributed by atoms with Crippen molar-refractivity contribution in [3.05, 3.63) is 40.7 Å². The van der Waals surface area contributed by atoms with Gasteiger partial charge in [0, 0.05) is 32.0 Å². The molecule has 1 aliphatic rings. The minimum atomic E-state index is -0.814. The summed E-state index contributed by atoms with van der Waals surface area (Å²) >= 11 is 6.37. The van der Waals surface area contributed by atoms with Gasteiger partial charge in [-0.3, -0.25) is 4.79 Å². The van der Waals surface area contributed by atoms with E-state index < -0.39 is 5.60 Å². The molecule has 2 heterocycles. The predicted molar refractivity (Wildman–Crippen MR) is 103 cm³/mol. The number of hydrogen-bond donors (Lipinski definition) is 2. The van der Waals surface area contributed by atoms with Gasteiger partial charge in [-0.1, -0.05) is 31.4 Å². The van der Waals surface area contributed by atoms with Crippen molar-refractivity contribution in [3.8, 4) is 0 Å². The van der Waals surface area contributed by atoms with Crippen molar-refractivity contribution in [1.29, 1.82) is 0 Å². The number of nitrogens with zero attached hydrogens (tertiary/aromatic N) is 1. The molecule has 2 aromatic rings. The first-order chi connectivity index (χ1) is 12.4. The van der Waals surface area contributed by atoms with Gasteiger partial charge in [-0.15, -0.1) is 0 Å². The summed E-state index contributed by atoms with van der Waals surface area (Å²) in [7, 11) is 1.66. The molecule has 1 fully saturated rings. The van der Waals surface area contributed by atoms with Crippen molar-refractivity contribution in [1.82, 2.24) is 9.72 Å². The van der Waals surface area contributed by atoms with Crippen LogP contribution in [0.5, 0.6) is 0 Å². The third-order valence-corrected chi connectivity index (χ3v) is 5.58. The van der Waals surface area contributed by atoms with Gasteiger partial charge in [0.25, 0.3) is 5.91 Å². The van der Waals surface area contributed by atoms with Gasteiger partial charge in [0.1, 0.15) is 0 Å². The number of methoxy groups -OCH3 is 1. The number of pyridine rings is 1. The molecule has 142 valence electrons. The quantitative estimate of drug-likeness (QED) is 0.809. The molecule has 6 heteroatoms. The Morgan fingerprint density at radius 3 is 3.08 bits per heavy atom. The number of carbonyl (C=O) groups excluding carboxylic acids is 1. The van der Waals surface area contributed by atoms with E-state index in [1.807, 2.05) is 22.7 Å². The number of amides is 1. The Kier molecular flexibility index (Phi) is 5.90. The second kappa shape index (κ2) is 7.99. The fourth-order valence-corrected chi connectivity index (χ4v) is 4.26. The van der Waals surface area contributed by atoms with Crippen LogP contribution in [0.25, 0.3) is 5.52 Å². The van der Waals surface area contributed by atoms with Crippen molar-refractivity contribution in [2.24, 2.45) is 5.92 Å². The average Bonchev–Trinajstić information content (AvgIpc) is 2.98. The van der Waals surface area contributed by atoms with E-state index in [-0.39, 0.29) is 12.5 Å². The Bertz CT molecular complexity index is 789. The number of ether oxygens (including phenoxy) is 1. The molecule has 1 saturated carbocycles. The third kappa shape index (κ3) is 4.05. The van der Waals surface area contributed by atoms with Crippen molar-refractivity contribution in [3.63, 3.8) is 0 Å². The summed E-state index contributed by atoms with van der Waals surface area (Å²) in [6.07, 6.45) is 6.18. The summed E-state index contributed by atoms with van der Waals surface area (Å²) in [5.41, 5.74) is 1.39. The Balaban J connectivity index is 1.81. The first kappa shape index (κ1) is 19.2. The molecule has 1 aliphatic carbocycles. The van der Waals surface area contributed by atoms with Crippen LogP contribution in [-0.4, -0.2) is 41.3 Å². The van der Waals surface area contributed by atoms with E-state index in [0.29, 0.717) is 35.0 Å². The maximum Gasteiger partial charge on any atom is 0.253 e. The molecule has 2 atom stereocenters. The Labute approximate surface area is 159 Å². The van der Waals surface area contributed by atoms with E-state index in [0.717, 1.165) is 31.4 Å². The molecule has 0 aliphatic heterocycles. The zero-order chi connectivity index (χ0) is 18.7. The van der Waals surface area contributed by atoms with Crippen molar-refractivity contribution >= 4 is 23.0 Å². The molecule has 0 unspecified atom stereocenters. The summed E-state index contributed by atoms with van der Waals surface area (Å²) in [6, 6.07) is 5.51. The van der Waals surface area contributed by atoms with Gasteiger partial charge < -0.3 is 19.6 Å². The second-order valence-corrected chi connectivity index (χ2v) is 7.88. The normalized spacial score (nSPS) is 23.3. The molecule has 0 aromatic carbocycles. The number of aliphatic hydroxyl groups is 1. The SMILES string of the molecule is COCCc1cc(C(=O)NC[C@]2(O)CCC[C@H](C)C2)c2c(Cl)cccn12. The monoisotopic (exact) mass is 378 g/mol. The van der Waals surface area contributed by atoms with Crippen molar-refractivity contribution < 1.29 is 14.6 Å². The lowest BCUT2D eigenvalue weighted by atomic mass is 9.79. The lowest BCUT2D eigenvalue weighted by molar-refractivity contribution is -0.0109. The highest BCUT2D eigenvalue weighted by Gasteiger charge is 2.33. The molecule has 5 nitrogen and oxygen atoms in total. The van der Waals surface area contributed by atoms with Crippen LogP contribution in [0.2, 0.25) is 5.02 Å². The van der Waals surface area contributed by atoms with Crippen LogP contribution in [0, 0.1) is 5.92 Å². The smallest absolute Gasteiger partial charge is 0.253 e. The van der Waals surface area contributed by atoms with E-state index in [4.69, 9.17) is 16.3 Å². The average molecular weight is 379 g/mol. The highest BCUT2D eigenvalue weighted by Crippen LogP contribution is 2.32. The van der Waals surface area contributed by atoms with Crippen LogP contribution in [-0.2, 0) is 11.2 Å². The van der Waals surface area contributed by atoms with Gasteiger partial charge in [0.15, 0.2) is 0 Å². The fourth-order valence-electron chi connectivity index (χ4n) is 3.99. The van der Waals surface area contributed by atoms with Crippen LogP contribution in [0.3, 0.4) is 0 Å². The summed E-state index contributed by atoms with van der Waals surface area (Å²) in [4.78, 5) is 12.8. The molecular weight excluding hydrogens is 352 g/mol. The number of carbonyl (C=O) groups is 1. The Hall–Kier alpha value is -1.56. The highest BCUT2D eigenvalue weighted by atomic mass is 35.5. The minimum Gasteiger partial charge on any atom is -0.388 e. The lowest BCUT2D eigenvalue weighted by Gasteiger charge is -2.35. The molecular formula is C20H27ClN2O3. The molecule has 3 rings (SSSR count). The third-order valence-electron chi connectivity index (χ3n) is 5.27. The predicted octanol–water partition coefficient (Wildman–Crippen LogP) is 3.45. The van der Waals surface area contributed by atoms with Crippen LogP contribution < -0.4 is 5.32 Å². The number of fused-ring (bicyclic) bond motifs is 1. The van der Waals surface area contributed by atoms with Crippen LogP contribution in [0.15, 0.2) is 24.4 Å². The van der Waals surface area contributed by atoms with Gasteiger partial charge in [-0.05, 0) is 37.0 Å². The van der Waals surface area contributed by atoms with Crippen LogP contribution >= 0.6 is 11.6 Å². The highest BCUT2D eigenvalue weighted by molar-refractivity contribution is 6.34. The Morgan fingerprint density at radius 1 is 1.54 bits per heavy atom. The minimum absolute atomic E-state index is 0.203. The number of rotatable bonds is 6. The Morgan fingerprint density at radius 2 is 2.35 bits per heavy atom. The van der Waals surface area contributed by atoms with E-state index in [2.05, 4.69) is 12.2 Å². The second-order valence-electron chi connectivity index (χ2n) is 7.48. The van der Waals surface area contributed by atoms with E-state index in [1.54, 1.807) is 13.2 Å². The number of nitrogens with one attached hydrogen (secondary N) is 1. The molecule has 0 radical (unpaired) electrons. The van der Waals surface area contributed by atoms with Crippen molar-refractivity contribution in [2.75, 3.05) is 20.3 Å². The molecule has 2 aromatic heterocycles. The molecule has 2 N–H and O–H groups in total. The molecule has 0 bridgehead atoms. The van der Waals surface area contributed by atoms with Gasteiger partial charge in [0.2, 0.25) is 0 Å². The zero-order valence-electron chi connectivity index (χ0n) is 15.4. The van der Waals surface area contributed by atoms with Gasteiger partial charge in [-0.25, -0.2) is 0 Å². The van der Waals surface area contributed by atoms with E-state index >= 15 is 0 Å². The maximum atomic E-state index is 12.8. The standard InChI is InChI=1S/C20H27ClN2O3/c1-14-5-3-8-20(25,12-14)13-22-19(24)16-11-15(7-10-26-2)23-9-4-6-17(21)18(16)23/h4,6,9,11,14,25H,3,5,7-8,10,12-13H2,1-2H3,(H,22,24)/t14-,20-/m0/s1. The number of aromatic nitrogens is 1. The molecule has 0 spiro atoms. The molecule has 0 saturated heterocycles. The van der Waals surface area contributed by atoms with Crippen molar-refractivity contribution in [2.45, 2.75) is 44.6 Å². The van der Waals surface area contributed by atoms with Gasteiger partial charge in [-0.2, -0.15) is 0 Å². The van der Waals surface area contributed by atoms with Crippen LogP contribution in [0.1, 0.15) is 48.7 Å². The summed E-state index contributed by atoms with van der Waals surface area (Å²) in [6.45, 7) is 2.98. The maximum absolute atomic E-state index is 12.8. The van der Waals surface area contributed by atoms with Crippen LogP contribution in [0.4, 0.5) is 0 Å². The summed E-state index contributed by atoms with van der Waals surface area (Å²) in [5.74, 6) is 0.280. The molecule has 1 amide bonds. The number of halogens is 1. The van der Waals surface area contributed by atoms with E-state index in [1.165, 1.54) is 0 Å². The van der Waals surface area contributed by atoms with Gasteiger partial charge in [0.05, 0.1) is 28.3 Å². The molecule has 26 heavy (non-hydrogen) atoms. The largest absolute Gasteiger partial charge is 0.388 e. The fraction of sp³-hybridized carbons (Fsp3) is 0.550.